The summed E-state index contributed by atoms with van der Waals surface area (Å²) in [6.07, 6.45) is 4.53. The van der Waals surface area contributed by atoms with Gasteiger partial charge in [0, 0.05) is 5.56 Å². The Hall–Kier alpha value is -1.94. The Morgan fingerprint density at radius 3 is 2.26 bits per heavy atom. The quantitative estimate of drug-likeness (QED) is 0.437. The van der Waals surface area contributed by atoms with Gasteiger partial charge in [0.2, 0.25) is 5.78 Å². The van der Waals surface area contributed by atoms with Gasteiger partial charge in [-0.2, -0.15) is 0 Å². The molecule has 19 heavy (non-hydrogen) atoms. The third-order valence-corrected chi connectivity index (χ3v) is 4.10. The number of carbonyl (C=O) groups is 1. The molecule has 0 unspecified atom stereocenters. The van der Waals surface area contributed by atoms with E-state index in [4.69, 9.17) is 0 Å². The highest BCUT2D eigenvalue weighted by atomic mass is 32.2. The third kappa shape index (κ3) is 4.03. The van der Waals surface area contributed by atoms with Crippen molar-refractivity contribution in [3.63, 3.8) is 0 Å². The zero-order valence-corrected chi connectivity index (χ0v) is 11.4. The highest BCUT2D eigenvalue weighted by Gasteiger charge is 2.24. The van der Waals surface area contributed by atoms with Gasteiger partial charge in [-0.05, 0) is 6.42 Å². The average molecular weight is 276 g/mol. The molecule has 0 aliphatic carbocycles. The number of hydrogen-bond acceptors (Lipinski definition) is 3. The van der Waals surface area contributed by atoms with Crippen LogP contribution in [-0.2, 0) is 9.84 Å². The Bertz CT molecular complexity index is 596. The van der Waals surface area contributed by atoms with Gasteiger partial charge in [0.25, 0.3) is 0 Å². The van der Waals surface area contributed by atoms with Gasteiger partial charge in [0.1, 0.15) is 4.91 Å². The standard InChI is InChI=1S/C15H16O3S/c1-3-5-11-14(19(17,18)12-4-2)15(16)13-9-7-6-8-10-13/h3-4,6-11H,1-2,5,12H2. The first-order chi connectivity index (χ1) is 9.03. The fourth-order valence-electron chi connectivity index (χ4n) is 1.53. The largest absolute Gasteiger partial charge is 0.288 e. The molecule has 0 aliphatic rings. The average Bonchev–Trinajstić information content (AvgIpc) is 2.39. The fraction of sp³-hybridized carbons (Fsp3) is 0.133. The van der Waals surface area contributed by atoms with Crippen LogP contribution in [0.3, 0.4) is 0 Å². The third-order valence-electron chi connectivity index (χ3n) is 2.40. The predicted octanol–water partition coefficient (Wildman–Crippen LogP) is 2.93. The highest BCUT2D eigenvalue weighted by molar-refractivity contribution is 7.96. The monoisotopic (exact) mass is 276 g/mol. The number of ketones is 1. The summed E-state index contributed by atoms with van der Waals surface area (Å²) < 4.78 is 24.1. The van der Waals surface area contributed by atoms with Crippen LogP contribution < -0.4 is 0 Å². The lowest BCUT2D eigenvalue weighted by molar-refractivity contribution is 0.104. The van der Waals surface area contributed by atoms with Gasteiger partial charge in [-0.3, -0.25) is 4.79 Å². The summed E-state index contributed by atoms with van der Waals surface area (Å²) >= 11 is 0. The van der Waals surface area contributed by atoms with Crippen molar-refractivity contribution in [1.82, 2.24) is 0 Å². The minimum absolute atomic E-state index is 0.196. The van der Waals surface area contributed by atoms with Gasteiger partial charge in [0.05, 0.1) is 5.75 Å². The molecule has 0 radical (unpaired) electrons. The van der Waals surface area contributed by atoms with E-state index in [0.717, 1.165) is 0 Å². The summed E-state index contributed by atoms with van der Waals surface area (Å²) in [4.78, 5) is 12.1. The zero-order valence-electron chi connectivity index (χ0n) is 10.6. The maximum absolute atomic E-state index is 12.3. The summed E-state index contributed by atoms with van der Waals surface area (Å²) in [5, 5.41) is 0. The summed E-state index contributed by atoms with van der Waals surface area (Å²) in [6.45, 7) is 6.92. The maximum atomic E-state index is 12.3. The van der Waals surface area contributed by atoms with E-state index in [1.165, 1.54) is 12.2 Å². The van der Waals surface area contributed by atoms with Crippen LogP contribution >= 0.6 is 0 Å². The van der Waals surface area contributed by atoms with E-state index in [2.05, 4.69) is 13.2 Å². The molecule has 1 aromatic carbocycles. The minimum atomic E-state index is -3.65. The van der Waals surface area contributed by atoms with Crippen molar-refractivity contribution in [3.8, 4) is 0 Å². The molecule has 0 atom stereocenters. The molecule has 1 rings (SSSR count). The molecule has 0 aliphatic heterocycles. The summed E-state index contributed by atoms with van der Waals surface area (Å²) in [7, 11) is -3.65. The smallest absolute Gasteiger partial charge is 0.204 e. The molecular formula is C15H16O3S. The maximum Gasteiger partial charge on any atom is 0.204 e. The number of Topliss-reactive ketones (excluding diaryl/α,β-unsaturated/α-hetero) is 1. The fourth-order valence-corrected chi connectivity index (χ4v) is 2.77. The van der Waals surface area contributed by atoms with E-state index in [0.29, 0.717) is 12.0 Å². The van der Waals surface area contributed by atoms with E-state index in [-0.39, 0.29) is 10.7 Å². The van der Waals surface area contributed by atoms with Crippen LogP contribution in [0.2, 0.25) is 0 Å². The van der Waals surface area contributed by atoms with Crippen molar-refractivity contribution in [2.24, 2.45) is 0 Å². The summed E-state index contributed by atoms with van der Waals surface area (Å²) in [5.41, 5.74) is 0.352. The molecule has 0 fully saturated rings. The molecule has 0 N–H and O–H groups in total. The van der Waals surface area contributed by atoms with E-state index in [9.17, 15) is 13.2 Å². The second-order valence-electron chi connectivity index (χ2n) is 3.86. The van der Waals surface area contributed by atoms with E-state index >= 15 is 0 Å². The topological polar surface area (TPSA) is 51.2 Å². The van der Waals surface area contributed by atoms with Crippen LogP contribution in [0.5, 0.6) is 0 Å². The van der Waals surface area contributed by atoms with Crippen molar-refractivity contribution in [1.29, 1.82) is 0 Å². The summed E-state index contributed by atoms with van der Waals surface area (Å²) in [5.74, 6) is -0.751. The van der Waals surface area contributed by atoms with Gasteiger partial charge in [-0.1, -0.05) is 48.6 Å². The molecule has 100 valence electrons. The van der Waals surface area contributed by atoms with Gasteiger partial charge >= 0.3 is 0 Å². The Morgan fingerprint density at radius 1 is 1.11 bits per heavy atom. The molecular weight excluding hydrogens is 260 g/mol. The molecule has 0 heterocycles. The predicted molar refractivity (Wildman–Crippen MR) is 77.7 cm³/mol. The second kappa shape index (κ2) is 6.85. The van der Waals surface area contributed by atoms with Crippen LogP contribution in [0, 0.1) is 0 Å². The van der Waals surface area contributed by atoms with E-state index in [1.54, 1.807) is 36.4 Å². The van der Waals surface area contributed by atoms with Gasteiger partial charge in [-0.25, -0.2) is 8.42 Å². The minimum Gasteiger partial charge on any atom is -0.288 e. The Kier molecular flexibility index (Phi) is 5.45. The van der Waals surface area contributed by atoms with Crippen molar-refractivity contribution >= 4 is 15.6 Å². The van der Waals surface area contributed by atoms with Crippen molar-refractivity contribution in [2.45, 2.75) is 6.42 Å². The van der Waals surface area contributed by atoms with E-state index < -0.39 is 15.6 Å². The number of hydrogen-bond donors (Lipinski definition) is 0. The second-order valence-corrected chi connectivity index (χ2v) is 5.86. The normalized spacial score (nSPS) is 11.9. The molecule has 0 amide bonds. The van der Waals surface area contributed by atoms with Crippen LogP contribution in [0.15, 0.2) is 66.6 Å². The first-order valence-corrected chi connectivity index (χ1v) is 7.42. The van der Waals surface area contributed by atoms with Gasteiger partial charge in [-0.15, -0.1) is 13.2 Å². The van der Waals surface area contributed by atoms with Gasteiger partial charge in [0.15, 0.2) is 9.84 Å². The lowest BCUT2D eigenvalue weighted by Crippen LogP contribution is -2.16. The molecule has 0 spiro atoms. The lowest BCUT2D eigenvalue weighted by Gasteiger charge is -2.06. The molecule has 0 saturated carbocycles. The molecule has 0 bridgehead atoms. The molecule has 3 nitrogen and oxygen atoms in total. The number of rotatable bonds is 7. The van der Waals surface area contributed by atoms with Crippen molar-refractivity contribution in [3.05, 3.63) is 72.2 Å². The Labute approximate surface area is 113 Å². The molecule has 0 aromatic heterocycles. The molecule has 1 aromatic rings. The molecule has 0 saturated heterocycles. The van der Waals surface area contributed by atoms with Gasteiger partial charge < -0.3 is 0 Å². The first-order valence-electron chi connectivity index (χ1n) is 5.77. The Balaban J connectivity index is 3.23. The van der Waals surface area contributed by atoms with Crippen LogP contribution in [0.25, 0.3) is 0 Å². The van der Waals surface area contributed by atoms with Crippen LogP contribution in [0.1, 0.15) is 16.8 Å². The lowest BCUT2D eigenvalue weighted by atomic mass is 10.1. The van der Waals surface area contributed by atoms with E-state index in [1.807, 2.05) is 0 Å². The van der Waals surface area contributed by atoms with Crippen molar-refractivity contribution in [2.75, 3.05) is 5.75 Å². The number of sulfone groups is 1. The zero-order chi connectivity index (χ0) is 14.3. The SMILES string of the molecule is C=CCC=C(C(=O)c1ccccc1)S(=O)(=O)CC=C. The van der Waals surface area contributed by atoms with Crippen LogP contribution in [0.4, 0.5) is 0 Å². The molecule has 4 heteroatoms. The Morgan fingerprint density at radius 2 is 1.74 bits per heavy atom. The highest BCUT2D eigenvalue weighted by Crippen LogP contribution is 2.16. The number of carbonyl (C=O) groups excluding carboxylic acids is 1. The van der Waals surface area contributed by atoms with Crippen LogP contribution in [-0.4, -0.2) is 20.0 Å². The number of benzene rings is 1. The summed E-state index contributed by atoms with van der Waals surface area (Å²) in [6, 6.07) is 8.33. The first kappa shape index (κ1) is 15.1. The number of allylic oxidation sites excluding steroid dienone is 3. The van der Waals surface area contributed by atoms with Crippen molar-refractivity contribution < 1.29 is 13.2 Å².